The van der Waals surface area contributed by atoms with Gasteiger partial charge in [-0.05, 0) is 18.7 Å². The number of nitrogens with zero attached hydrogens (tertiary/aromatic N) is 2. The van der Waals surface area contributed by atoms with Crippen LogP contribution in [0.1, 0.15) is 5.82 Å². The fourth-order valence-corrected chi connectivity index (χ4v) is 1.39. The molecule has 2 rings (SSSR count). The van der Waals surface area contributed by atoms with Gasteiger partial charge in [-0.25, -0.2) is 4.98 Å². The predicted molar refractivity (Wildman–Crippen MR) is 52.4 cm³/mol. The van der Waals surface area contributed by atoms with Gasteiger partial charge in [-0.2, -0.15) is 0 Å². The smallest absolute Gasteiger partial charge is 0.114 e. The molecule has 4 N–H and O–H groups in total. The minimum atomic E-state index is 0.615. The van der Waals surface area contributed by atoms with Crippen LogP contribution in [0.5, 0.6) is 0 Å². The first-order valence-electron chi connectivity index (χ1n) is 4.23. The topological polar surface area (TPSA) is 69.3 Å². The number of rotatable bonds is 2. The molecule has 68 valence electrons. The fourth-order valence-electron chi connectivity index (χ4n) is 1.39. The summed E-state index contributed by atoms with van der Waals surface area (Å²) in [7, 11) is 0. The summed E-state index contributed by atoms with van der Waals surface area (Å²) in [5.41, 5.74) is 12.9. The van der Waals surface area contributed by atoms with E-state index in [0.29, 0.717) is 6.54 Å². The molecule has 0 spiro atoms. The van der Waals surface area contributed by atoms with Crippen molar-refractivity contribution in [3.8, 4) is 0 Å². The molecule has 0 radical (unpaired) electrons. The van der Waals surface area contributed by atoms with E-state index < -0.39 is 0 Å². The van der Waals surface area contributed by atoms with Crippen molar-refractivity contribution in [2.75, 3.05) is 12.3 Å². The van der Waals surface area contributed by atoms with Crippen molar-refractivity contribution in [3.63, 3.8) is 0 Å². The van der Waals surface area contributed by atoms with E-state index in [9.17, 15) is 0 Å². The van der Waals surface area contributed by atoms with Crippen LogP contribution in [0.25, 0.3) is 5.52 Å². The molecule has 0 saturated heterocycles. The zero-order valence-electron chi connectivity index (χ0n) is 7.27. The maximum absolute atomic E-state index is 5.64. The second kappa shape index (κ2) is 3.06. The first-order chi connectivity index (χ1) is 6.31. The highest BCUT2D eigenvalue weighted by Crippen LogP contribution is 2.10. The maximum atomic E-state index is 5.64. The Morgan fingerprint density at radius 1 is 1.46 bits per heavy atom. The summed E-state index contributed by atoms with van der Waals surface area (Å²) in [6, 6.07) is 3.75. The molecule has 2 aromatic rings. The molecule has 4 nitrogen and oxygen atoms in total. The molecule has 0 bridgehead atoms. The largest absolute Gasteiger partial charge is 0.399 e. The summed E-state index contributed by atoms with van der Waals surface area (Å²) in [4.78, 5) is 4.25. The van der Waals surface area contributed by atoms with Crippen LogP contribution in [-0.2, 0) is 6.42 Å². The van der Waals surface area contributed by atoms with Crippen LogP contribution < -0.4 is 11.5 Å². The van der Waals surface area contributed by atoms with Crippen molar-refractivity contribution < 1.29 is 0 Å². The van der Waals surface area contributed by atoms with Gasteiger partial charge in [-0.3, -0.25) is 0 Å². The molecule has 0 aromatic carbocycles. The van der Waals surface area contributed by atoms with Gasteiger partial charge in [0.1, 0.15) is 5.82 Å². The number of nitrogens with two attached hydrogens (primary N) is 2. The van der Waals surface area contributed by atoms with E-state index in [1.54, 1.807) is 6.20 Å². The number of fused-ring (bicyclic) bond motifs is 1. The van der Waals surface area contributed by atoms with Gasteiger partial charge in [0, 0.05) is 18.3 Å². The van der Waals surface area contributed by atoms with Gasteiger partial charge in [-0.15, -0.1) is 0 Å². The molecule has 0 amide bonds. The van der Waals surface area contributed by atoms with Crippen molar-refractivity contribution in [2.24, 2.45) is 5.73 Å². The van der Waals surface area contributed by atoms with Crippen LogP contribution in [0.15, 0.2) is 24.5 Å². The van der Waals surface area contributed by atoms with Crippen LogP contribution >= 0.6 is 0 Å². The normalized spacial score (nSPS) is 10.8. The van der Waals surface area contributed by atoms with Crippen molar-refractivity contribution in [3.05, 3.63) is 30.4 Å². The Labute approximate surface area is 76.2 Å². The van der Waals surface area contributed by atoms with E-state index in [2.05, 4.69) is 4.98 Å². The van der Waals surface area contributed by atoms with Gasteiger partial charge in [0.2, 0.25) is 0 Å². The average Bonchev–Trinajstić information content (AvgIpc) is 2.49. The molecule has 0 atom stereocenters. The van der Waals surface area contributed by atoms with Crippen LogP contribution in [0, 0.1) is 0 Å². The quantitative estimate of drug-likeness (QED) is 0.696. The van der Waals surface area contributed by atoms with E-state index in [-0.39, 0.29) is 0 Å². The Hall–Kier alpha value is -1.55. The van der Waals surface area contributed by atoms with Crippen LogP contribution in [-0.4, -0.2) is 15.9 Å². The number of pyridine rings is 1. The van der Waals surface area contributed by atoms with Crippen molar-refractivity contribution in [2.45, 2.75) is 6.42 Å². The lowest BCUT2D eigenvalue weighted by atomic mass is 10.3. The van der Waals surface area contributed by atoms with E-state index in [0.717, 1.165) is 23.4 Å². The minimum absolute atomic E-state index is 0.615. The molecule has 2 aromatic heterocycles. The molecule has 4 heteroatoms. The SMILES string of the molecule is NCCc1ncc2cc(N)ccn12. The van der Waals surface area contributed by atoms with Gasteiger partial charge < -0.3 is 15.9 Å². The number of nitrogen functional groups attached to an aromatic ring is 1. The summed E-state index contributed by atoms with van der Waals surface area (Å²) in [5.74, 6) is 0.984. The van der Waals surface area contributed by atoms with Gasteiger partial charge in [0.25, 0.3) is 0 Å². The Morgan fingerprint density at radius 2 is 2.31 bits per heavy atom. The summed E-state index contributed by atoms with van der Waals surface area (Å²) in [6.45, 7) is 0.615. The van der Waals surface area contributed by atoms with Crippen LogP contribution in [0.3, 0.4) is 0 Å². The van der Waals surface area contributed by atoms with E-state index in [1.807, 2.05) is 22.7 Å². The lowest BCUT2D eigenvalue weighted by molar-refractivity contribution is 0.863. The molecular weight excluding hydrogens is 164 g/mol. The highest BCUT2D eigenvalue weighted by atomic mass is 15.0. The van der Waals surface area contributed by atoms with Crippen molar-refractivity contribution in [1.82, 2.24) is 9.38 Å². The molecule has 0 aliphatic rings. The molecule has 0 unspecified atom stereocenters. The van der Waals surface area contributed by atoms with Gasteiger partial charge in [0.15, 0.2) is 0 Å². The molecular formula is C9H12N4. The molecule has 0 aliphatic heterocycles. The Morgan fingerprint density at radius 3 is 3.08 bits per heavy atom. The highest BCUT2D eigenvalue weighted by molar-refractivity contribution is 5.55. The van der Waals surface area contributed by atoms with Gasteiger partial charge >= 0.3 is 0 Å². The lowest BCUT2D eigenvalue weighted by Gasteiger charge is -1.99. The van der Waals surface area contributed by atoms with Crippen LogP contribution in [0.4, 0.5) is 5.69 Å². The van der Waals surface area contributed by atoms with Crippen LogP contribution in [0.2, 0.25) is 0 Å². The third kappa shape index (κ3) is 1.36. The van der Waals surface area contributed by atoms with Crippen molar-refractivity contribution >= 4 is 11.2 Å². The molecule has 2 heterocycles. The number of anilines is 1. The van der Waals surface area contributed by atoms with E-state index in [4.69, 9.17) is 11.5 Å². The Bertz CT molecular complexity index is 418. The predicted octanol–water partition coefficient (Wildman–Crippen LogP) is 0.418. The summed E-state index contributed by atoms with van der Waals surface area (Å²) in [5, 5.41) is 0. The maximum Gasteiger partial charge on any atom is 0.114 e. The highest BCUT2D eigenvalue weighted by Gasteiger charge is 2.01. The lowest BCUT2D eigenvalue weighted by Crippen LogP contribution is -2.06. The number of hydrogen-bond acceptors (Lipinski definition) is 3. The zero-order chi connectivity index (χ0) is 9.26. The monoisotopic (exact) mass is 176 g/mol. The fraction of sp³-hybridized carbons (Fsp3) is 0.222. The molecule has 0 aliphatic carbocycles. The van der Waals surface area contributed by atoms with E-state index >= 15 is 0 Å². The Kier molecular flexibility index (Phi) is 1.90. The number of hydrogen-bond donors (Lipinski definition) is 2. The number of imidazole rings is 1. The Balaban J connectivity index is 2.55. The van der Waals surface area contributed by atoms with Crippen molar-refractivity contribution in [1.29, 1.82) is 0 Å². The second-order valence-electron chi connectivity index (χ2n) is 2.97. The average molecular weight is 176 g/mol. The molecule has 0 fully saturated rings. The minimum Gasteiger partial charge on any atom is -0.399 e. The molecule has 0 saturated carbocycles. The molecule has 13 heavy (non-hydrogen) atoms. The number of aromatic nitrogens is 2. The third-order valence-electron chi connectivity index (χ3n) is 2.00. The second-order valence-corrected chi connectivity index (χ2v) is 2.97. The first kappa shape index (κ1) is 8.07. The summed E-state index contributed by atoms with van der Waals surface area (Å²) < 4.78 is 2.00. The van der Waals surface area contributed by atoms with Gasteiger partial charge in [-0.1, -0.05) is 0 Å². The third-order valence-corrected chi connectivity index (χ3v) is 2.00. The van der Waals surface area contributed by atoms with E-state index in [1.165, 1.54) is 0 Å². The first-order valence-corrected chi connectivity index (χ1v) is 4.23. The summed E-state index contributed by atoms with van der Waals surface area (Å²) >= 11 is 0. The standard InChI is InChI=1S/C9H12N4/c10-3-1-9-12-6-8-5-7(11)2-4-13(8)9/h2,4-6H,1,3,10-11H2. The van der Waals surface area contributed by atoms with Gasteiger partial charge in [0.05, 0.1) is 11.7 Å². The zero-order valence-corrected chi connectivity index (χ0v) is 7.27. The summed E-state index contributed by atoms with van der Waals surface area (Å²) in [6.07, 6.45) is 4.52.